The summed E-state index contributed by atoms with van der Waals surface area (Å²) in [6.45, 7) is 8.18. The molecule has 1 aromatic heterocycles. The molecule has 1 N–H and O–H groups in total. The molecule has 1 aromatic rings. The van der Waals surface area contributed by atoms with Crippen LogP contribution in [0.15, 0.2) is 18.5 Å². The zero-order valence-electron chi connectivity index (χ0n) is 17.6. The number of nitrogens with one attached hydrogen (secondary N) is 1. The minimum absolute atomic E-state index is 0.126. The van der Waals surface area contributed by atoms with Gasteiger partial charge >= 0.3 is 5.97 Å². The van der Waals surface area contributed by atoms with E-state index in [1.165, 1.54) is 0 Å². The van der Waals surface area contributed by atoms with Crippen molar-refractivity contribution in [1.82, 2.24) is 20.2 Å². The smallest absolute Gasteiger partial charge is 0.338 e. The average Bonchev–Trinajstić information content (AvgIpc) is 3.55. The van der Waals surface area contributed by atoms with E-state index in [1.807, 2.05) is 18.7 Å². The molecule has 3 unspecified atom stereocenters. The van der Waals surface area contributed by atoms with Crippen LogP contribution in [0.1, 0.15) is 27.2 Å². The first-order valence-electron chi connectivity index (χ1n) is 10.3. The van der Waals surface area contributed by atoms with Gasteiger partial charge in [-0.05, 0) is 25.3 Å². The summed E-state index contributed by atoms with van der Waals surface area (Å²) in [5.41, 5.74) is 0. The lowest BCUT2D eigenvalue weighted by Crippen LogP contribution is -2.56. The Kier molecular flexibility index (Phi) is 7.20. The molecule has 30 heavy (non-hydrogen) atoms. The van der Waals surface area contributed by atoms with Gasteiger partial charge in [-0.3, -0.25) is 9.59 Å². The van der Waals surface area contributed by atoms with E-state index in [1.54, 1.807) is 30.3 Å². The first-order valence-corrected chi connectivity index (χ1v) is 10.3. The fourth-order valence-corrected chi connectivity index (χ4v) is 3.46. The molecule has 0 saturated carbocycles. The fourth-order valence-electron chi connectivity index (χ4n) is 3.46. The molecular weight excluding hydrogens is 390 g/mol. The quantitative estimate of drug-likeness (QED) is 0.462. The molecule has 3 rings (SSSR count). The number of aromatic nitrogens is 2. The Morgan fingerprint density at radius 3 is 2.43 bits per heavy atom. The molecular formula is C20H29N5O5. The van der Waals surface area contributed by atoms with Crippen molar-refractivity contribution in [1.29, 1.82) is 0 Å². The molecule has 0 radical (unpaired) electrons. The van der Waals surface area contributed by atoms with Gasteiger partial charge in [0.2, 0.25) is 11.9 Å². The summed E-state index contributed by atoms with van der Waals surface area (Å²) in [7, 11) is 0. The number of rotatable bonds is 8. The molecule has 164 valence electrons. The van der Waals surface area contributed by atoms with E-state index < -0.39 is 30.1 Å². The number of nitrogens with zero attached hydrogens (tertiary/aromatic N) is 4. The maximum Gasteiger partial charge on any atom is 0.338 e. The van der Waals surface area contributed by atoms with Crippen molar-refractivity contribution in [2.45, 2.75) is 45.4 Å². The van der Waals surface area contributed by atoms with Crippen LogP contribution in [0.2, 0.25) is 0 Å². The monoisotopic (exact) mass is 419 g/mol. The molecule has 10 nitrogen and oxygen atoms in total. The van der Waals surface area contributed by atoms with E-state index in [0.717, 1.165) is 0 Å². The van der Waals surface area contributed by atoms with Gasteiger partial charge in [0, 0.05) is 38.6 Å². The fraction of sp³-hybridized carbons (Fsp3) is 0.650. The van der Waals surface area contributed by atoms with Crippen molar-refractivity contribution in [2.24, 2.45) is 5.92 Å². The van der Waals surface area contributed by atoms with Gasteiger partial charge in [0.1, 0.15) is 6.04 Å². The third-order valence-corrected chi connectivity index (χ3v) is 5.02. The number of epoxide rings is 1. The van der Waals surface area contributed by atoms with Crippen molar-refractivity contribution in [3.63, 3.8) is 0 Å². The van der Waals surface area contributed by atoms with Crippen LogP contribution in [0.4, 0.5) is 5.95 Å². The molecule has 0 spiro atoms. The molecule has 2 amide bonds. The zero-order chi connectivity index (χ0) is 21.7. The SMILES string of the molecule is CCOC(=O)C1OC1C(=O)NC(CC(C)C)C(=O)N1CCN(c2ncccn2)CC1. The third kappa shape index (κ3) is 5.44. The molecule has 0 aliphatic carbocycles. The van der Waals surface area contributed by atoms with Gasteiger partial charge in [-0.15, -0.1) is 0 Å². The summed E-state index contributed by atoms with van der Waals surface area (Å²) in [6.07, 6.45) is 2.12. The lowest BCUT2D eigenvalue weighted by Gasteiger charge is -2.36. The number of ether oxygens (including phenoxy) is 2. The number of anilines is 1. The number of hydrogen-bond donors (Lipinski definition) is 1. The number of hydrogen-bond acceptors (Lipinski definition) is 8. The maximum absolute atomic E-state index is 13.1. The number of amides is 2. The van der Waals surface area contributed by atoms with Gasteiger partial charge in [-0.2, -0.15) is 0 Å². The minimum atomic E-state index is -0.890. The molecule has 0 bridgehead atoms. The van der Waals surface area contributed by atoms with E-state index in [9.17, 15) is 14.4 Å². The summed E-state index contributed by atoms with van der Waals surface area (Å²) in [5.74, 6) is -0.280. The Balaban J connectivity index is 1.55. The lowest BCUT2D eigenvalue weighted by atomic mass is 10.0. The van der Waals surface area contributed by atoms with Gasteiger partial charge in [0.05, 0.1) is 6.61 Å². The molecule has 2 saturated heterocycles. The third-order valence-electron chi connectivity index (χ3n) is 5.02. The highest BCUT2D eigenvalue weighted by Gasteiger charge is 2.52. The van der Waals surface area contributed by atoms with Crippen molar-refractivity contribution < 1.29 is 23.9 Å². The second-order valence-electron chi connectivity index (χ2n) is 7.78. The van der Waals surface area contributed by atoms with Crippen LogP contribution in [0.25, 0.3) is 0 Å². The minimum Gasteiger partial charge on any atom is -0.464 e. The van der Waals surface area contributed by atoms with E-state index >= 15 is 0 Å². The largest absolute Gasteiger partial charge is 0.464 e. The predicted molar refractivity (Wildman–Crippen MR) is 108 cm³/mol. The molecule has 3 heterocycles. The maximum atomic E-state index is 13.1. The van der Waals surface area contributed by atoms with Crippen molar-refractivity contribution in [2.75, 3.05) is 37.7 Å². The summed E-state index contributed by atoms with van der Waals surface area (Å²) < 4.78 is 10.0. The number of piperazine rings is 1. The average molecular weight is 419 g/mol. The molecule has 2 aliphatic heterocycles. The van der Waals surface area contributed by atoms with Crippen LogP contribution in [0, 0.1) is 5.92 Å². The summed E-state index contributed by atoms with van der Waals surface area (Å²) in [5, 5.41) is 2.78. The molecule has 2 fully saturated rings. The van der Waals surface area contributed by atoms with Crippen LogP contribution in [0.5, 0.6) is 0 Å². The van der Waals surface area contributed by atoms with Gasteiger partial charge in [-0.25, -0.2) is 14.8 Å². The summed E-state index contributed by atoms with van der Waals surface area (Å²) >= 11 is 0. The molecule has 3 atom stereocenters. The summed E-state index contributed by atoms with van der Waals surface area (Å²) in [6, 6.07) is 1.10. The van der Waals surface area contributed by atoms with Crippen LogP contribution in [-0.4, -0.2) is 83.7 Å². The van der Waals surface area contributed by atoms with Gasteiger partial charge in [-0.1, -0.05) is 13.8 Å². The molecule has 0 aromatic carbocycles. The van der Waals surface area contributed by atoms with Crippen molar-refractivity contribution in [3.05, 3.63) is 18.5 Å². The lowest BCUT2D eigenvalue weighted by molar-refractivity contribution is -0.144. The van der Waals surface area contributed by atoms with E-state index in [0.29, 0.717) is 38.5 Å². The second kappa shape index (κ2) is 9.84. The Hall–Kier alpha value is -2.75. The normalized spacial score (nSPS) is 21.9. The zero-order valence-corrected chi connectivity index (χ0v) is 17.6. The second-order valence-corrected chi connectivity index (χ2v) is 7.78. The highest BCUT2D eigenvalue weighted by molar-refractivity contribution is 5.95. The Morgan fingerprint density at radius 1 is 1.17 bits per heavy atom. The number of carbonyl (C=O) groups is 3. The number of carbonyl (C=O) groups excluding carboxylic acids is 3. The Morgan fingerprint density at radius 2 is 1.83 bits per heavy atom. The predicted octanol–water partition coefficient (Wildman–Crippen LogP) is -0.0134. The van der Waals surface area contributed by atoms with Crippen LogP contribution < -0.4 is 10.2 Å². The van der Waals surface area contributed by atoms with E-state index in [2.05, 4.69) is 15.3 Å². The molecule has 10 heteroatoms. The first kappa shape index (κ1) is 21.9. The highest BCUT2D eigenvalue weighted by atomic mass is 16.6. The Labute approximate surface area is 175 Å². The standard InChI is InChI=1S/C20H29N5O5/c1-4-29-19(28)16-15(30-16)17(26)23-14(12-13(2)3)18(27)24-8-10-25(11-9-24)20-21-6-5-7-22-20/h5-7,13-16H,4,8-12H2,1-3H3,(H,23,26). The highest BCUT2D eigenvalue weighted by Crippen LogP contribution is 2.24. The van der Waals surface area contributed by atoms with Crippen molar-refractivity contribution in [3.8, 4) is 0 Å². The number of esters is 1. The van der Waals surface area contributed by atoms with Gasteiger partial charge in [0.15, 0.2) is 12.2 Å². The van der Waals surface area contributed by atoms with Crippen molar-refractivity contribution >= 4 is 23.7 Å². The van der Waals surface area contributed by atoms with Crippen LogP contribution in [0.3, 0.4) is 0 Å². The van der Waals surface area contributed by atoms with E-state index in [4.69, 9.17) is 9.47 Å². The van der Waals surface area contributed by atoms with Gasteiger partial charge < -0.3 is 24.6 Å². The Bertz CT molecular complexity index is 751. The summed E-state index contributed by atoms with van der Waals surface area (Å²) in [4.78, 5) is 49.6. The van der Waals surface area contributed by atoms with Crippen LogP contribution in [-0.2, 0) is 23.9 Å². The van der Waals surface area contributed by atoms with Crippen LogP contribution >= 0.6 is 0 Å². The topological polar surface area (TPSA) is 117 Å². The van der Waals surface area contributed by atoms with E-state index in [-0.39, 0.29) is 18.4 Å². The molecule has 2 aliphatic rings. The first-order chi connectivity index (χ1) is 14.4. The van der Waals surface area contributed by atoms with Gasteiger partial charge in [0.25, 0.3) is 5.91 Å².